The molecule has 22 heavy (non-hydrogen) atoms. The highest BCUT2D eigenvalue weighted by Gasteiger charge is 2.22. The van der Waals surface area contributed by atoms with Gasteiger partial charge in [-0.25, -0.2) is 0 Å². The van der Waals surface area contributed by atoms with Crippen molar-refractivity contribution in [3.63, 3.8) is 0 Å². The molecule has 1 fully saturated rings. The minimum Gasteiger partial charge on any atom is -0.360 e. The van der Waals surface area contributed by atoms with E-state index in [0.29, 0.717) is 5.92 Å². The second-order valence-electron chi connectivity index (χ2n) is 6.11. The predicted octanol–water partition coefficient (Wildman–Crippen LogP) is 3.38. The Morgan fingerprint density at radius 2 is 2.05 bits per heavy atom. The number of anilines is 1. The molecule has 0 aromatic heterocycles. The Bertz CT molecular complexity index is 620. The number of hydrogen-bond acceptors (Lipinski definition) is 3. The second kappa shape index (κ2) is 7.13. The fourth-order valence-corrected chi connectivity index (χ4v) is 2.57. The summed E-state index contributed by atoms with van der Waals surface area (Å²) < 4.78 is 0. The van der Waals surface area contributed by atoms with Crippen LogP contribution in [-0.4, -0.2) is 23.9 Å². The number of carbonyl (C=O) groups excluding carboxylic acids is 1. The lowest BCUT2D eigenvalue weighted by molar-refractivity contribution is -0.128. The number of amides is 1. The number of benzene rings is 1. The summed E-state index contributed by atoms with van der Waals surface area (Å²) in [5.74, 6) is 0.485. The van der Waals surface area contributed by atoms with Crippen molar-refractivity contribution in [1.82, 2.24) is 4.90 Å². The first kappa shape index (κ1) is 16.1. The van der Waals surface area contributed by atoms with Crippen LogP contribution in [-0.2, 0) is 4.79 Å². The Kier molecular flexibility index (Phi) is 5.21. The molecule has 1 amide bonds. The van der Waals surface area contributed by atoms with Gasteiger partial charge in [-0.15, -0.1) is 0 Å². The van der Waals surface area contributed by atoms with Gasteiger partial charge in [-0.05, 0) is 49.8 Å². The van der Waals surface area contributed by atoms with Crippen LogP contribution in [0.2, 0.25) is 0 Å². The largest absolute Gasteiger partial charge is 0.360 e. The Balaban J connectivity index is 2.09. The molecular weight excluding hydrogens is 274 g/mol. The van der Waals surface area contributed by atoms with Crippen LogP contribution in [0.1, 0.15) is 30.9 Å². The van der Waals surface area contributed by atoms with E-state index < -0.39 is 0 Å². The number of rotatable bonds is 3. The van der Waals surface area contributed by atoms with Gasteiger partial charge in [0.1, 0.15) is 11.6 Å². The molecule has 0 saturated carbocycles. The van der Waals surface area contributed by atoms with E-state index in [1.807, 2.05) is 38.1 Å². The third kappa shape index (κ3) is 3.88. The molecular formula is C18H23N3O. The van der Waals surface area contributed by atoms with Gasteiger partial charge in [-0.1, -0.05) is 19.1 Å². The van der Waals surface area contributed by atoms with E-state index in [1.165, 1.54) is 6.20 Å². The smallest absolute Gasteiger partial charge is 0.266 e. The molecule has 0 aliphatic carbocycles. The van der Waals surface area contributed by atoms with E-state index in [9.17, 15) is 10.1 Å². The molecule has 1 aliphatic heterocycles. The van der Waals surface area contributed by atoms with E-state index in [-0.39, 0.29) is 11.5 Å². The number of likely N-dealkylation sites (tertiary alicyclic amines) is 1. The molecule has 2 rings (SSSR count). The van der Waals surface area contributed by atoms with Crippen LogP contribution in [0.25, 0.3) is 0 Å². The van der Waals surface area contributed by atoms with Gasteiger partial charge >= 0.3 is 0 Å². The Morgan fingerprint density at radius 3 is 2.68 bits per heavy atom. The first-order valence-corrected chi connectivity index (χ1v) is 7.74. The molecule has 4 nitrogen and oxygen atoms in total. The highest BCUT2D eigenvalue weighted by molar-refractivity contribution is 5.97. The van der Waals surface area contributed by atoms with Crippen molar-refractivity contribution >= 4 is 11.6 Å². The summed E-state index contributed by atoms with van der Waals surface area (Å²) in [6.07, 6.45) is 3.55. The van der Waals surface area contributed by atoms with Crippen molar-refractivity contribution in [2.75, 3.05) is 18.4 Å². The van der Waals surface area contributed by atoms with Crippen LogP contribution in [0.5, 0.6) is 0 Å². The lowest BCUT2D eigenvalue weighted by atomic mass is 9.99. The lowest BCUT2D eigenvalue weighted by Gasteiger charge is -2.30. The number of piperidine rings is 1. The predicted molar refractivity (Wildman–Crippen MR) is 88.2 cm³/mol. The third-order valence-corrected chi connectivity index (χ3v) is 4.19. The number of aryl methyl sites for hydroxylation is 2. The SMILES string of the molecule is Cc1ccc(C)c(N/C=C(/C#N)C(=O)N2CCC(C)CC2)c1. The molecule has 116 valence electrons. The Hall–Kier alpha value is -2.28. The van der Waals surface area contributed by atoms with Gasteiger partial charge in [0, 0.05) is 25.0 Å². The first-order valence-electron chi connectivity index (χ1n) is 7.74. The molecule has 0 atom stereocenters. The van der Waals surface area contributed by atoms with Gasteiger partial charge in [-0.2, -0.15) is 5.26 Å². The maximum absolute atomic E-state index is 12.4. The molecule has 1 saturated heterocycles. The number of nitrogens with one attached hydrogen (secondary N) is 1. The van der Waals surface area contributed by atoms with E-state index in [0.717, 1.165) is 42.7 Å². The van der Waals surface area contributed by atoms with Gasteiger partial charge in [-0.3, -0.25) is 4.79 Å². The van der Waals surface area contributed by atoms with Crippen molar-refractivity contribution in [2.24, 2.45) is 5.92 Å². The van der Waals surface area contributed by atoms with Crippen molar-refractivity contribution in [1.29, 1.82) is 5.26 Å². The maximum atomic E-state index is 12.4. The van der Waals surface area contributed by atoms with E-state index in [1.54, 1.807) is 4.90 Å². The average molecular weight is 297 g/mol. The molecule has 1 aliphatic rings. The van der Waals surface area contributed by atoms with Crippen LogP contribution in [0.4, 0.5) is 5.69 Å². The highest BCUT2D eigenvalue weighted by atomic mass is 16.2. The Labute approximate surface area is 132 Å². The lowest BCUT2D eigenvalue weighted by Crippen LogP contribution is -2.38. The normalized spacial score (nSPS) is 16.3. The molecule has 1 aromatic rings. The monoisotopic (exact) mass is 297 g/mol. The quantitative estimate of drug-likeness (QED) is 0.687. The van der Waals surface area contributed by atoms with Crippen LogP contribution < -0.4 is 5.32 Å². The minimum absolute atomic E-state index is 0.162. The molecule has 1 N–H and O–H groups in total. The molecule has 0 bridgehead atoms. The minimum atomic E-state index is -0.174. The molecule has 0 unspecified atom stereocenters. The highest BCUT2D eigenvalue weighted by Crippen LogP contribution is 2.19. The summed E-state index contributed by atoms with van der Waals surface area (Å²) in [5.41, 5.74) is 3.30. The van der Waals surface area contributed by atoms with Crippen molar-refractivity contribution in [3.05, 3.63) is 41.1 Å². The van der Waals surface area contributed by atoms with Crippen LogP contribution in [0, 0.1) is 31.1 Å². The zero-order chi connectivity index (χ0) is 16.1. The average Bonchev–Trinajstić information content (AvgIpc) is 2.51. The molecule has 1 aromatic carbocycles. The molecule has 0 spiro atoms. The van der Waals surface area contributed by atoms with Gasteiger partial charge in [0.15, 0.2) is 0 Å². The topological polar surface area (TPSA) is 56.1 Å². The zero-order valence-electron chi connectivity index (χ0n) is 13.5. The third-order valence-electron chi connectivity index (χ3n) is 4.19. The maximum Gasteiger partial charge on any atom is 0.266 e. The second-order valence-corrected chi connectivity index (χ2v) is 6.11. The first-order chi connectivity index (χ1) is 10.5. The van der Waals surface area contributed by atoms with Gasteiger partial charge in [0.2, 0.25) is 0 Å². The summed E-state index contributed by atoms with van der Waals surface area (Å²) in [4.78, 5) is 14.2. The van der Waals surface area contributed by atoms with Gasteiger partial charge < -0.3 is 10.2 Å². The molecule has 4 heteroatoms. The van der Waals surface area contributed by atoms with Crippen molar-refractivity contribution in [3.8, 4) is 6.07 Å². The number of nitrogens with zero attached hydrogens (tertiary/aromatic N) is 2. The van der Waals surface area contributed by atoms with Crippen LogP contribution >= 0.6 is 0 Å². The zero-order valence-corrected chi connectivity index (χ0v) is 13.5. The van der Waals surface area contributed by atoms with Crippen LogP contribution in [0.15, 0.2) is 30.0 Å². The summed E-state index contributed by atoms with van der Waals surface area (Å²) >= 11 is 0. The summed E-state index contributed by atoms with van der Waals surface area (Å²) in [5, 5.41) is 12.4. The van der Waals surface area contributed by atoms with Crippen molar-refractivity contribution in [2.45, 2.75) is 33.6 Å². The summed E-state index contributed by atoms with van der Waals surface area (Å²) in [7, 11) is 0. The molecule has 1 heterocycles. The fourth-order valence-electron chi connectivity index (χ4n) is 2.57. The van der Waals surface area contributed by atoms with E-state index in [2.05, 4.69) is 12.2 Å². The van der Waals surface area contributed by atoms with Crippen LogP contribution in [0.3, 0.4) is 0 Å². The van der Waals surface area contributed by atoms with Gasteiger partial charge in [0.25, 0.3) is 5.91 Å². The van der Waals surface area contributed by atoms with Crippen molar-refractivity contribution < 1.29 is 4.79 Å². The standard InChI is InChI=1S/C18H23N3O/c1-13-6-8-21(9-7-13)18(22)16(11-19)12-20-17-10-14(2)4-5-15(17)3/h4-5,10,12-13,20H,6-9H2,1-3H3/b16-12-. The fraction of sp³-hybridized carbons (Fsp3) is 0.444. The number of hydrogen-bond donors (Lipinski definition) is 1. The summed E-state index contributed by atoms with van der Waals surface area (Å²) in [6, 6.07) is 8.09. The number of carbonyl (C=O) groups is 1. The Morgan fingerprint density at radius 1 is 1.36 bits per heavy atom. The van der Waals surface area contributed by atoms with Gasteiger partial charge in [0.05, 0.1) is 0 Å². The van der Waals surface area contributed by atoms with E-state index >= 15 is 0 Å². The summed E-state index contributed by atoms with van der Waals surface area (Å²) in [6.45, 7) is 7.69. The van der Waals surface area contributed by atoms with E-state index in [4.69, 9.17) is 0 Å². The molecule has 0 radical (unpaired) electrons. The number of nitriles is 1.